The second kappa shape index (κ2) is 11.9. The maximum absolute atomic E-state index is 11.8. The Bertz CT molecular complexity index is 1390. The molecule has 1 aromatic heterocycles. The fourth-order valence-electron chi connectivity index (χ4n) is 4.60. The first-order chi connectivity index (χ1) is 18.2. The molecule has 2 heterocycles. The van der Waals surface area contributed by atoms with Gasteiger partial charge in [-0.25, -0.2) is 5.01 Å². The number of anilines is 1. The zero-order valence-electron chi connectivity index (χ0n) is 21.7. The molecule has 1 N–H and O–H groups in total. The lowest BCUT2D eigenvalue weighted by molar-refractivity contribution is -0.139. The van der Waals surface area contributed by atoms with Gasteiger partial charge in [0.15, 0.2) is 5.76 Å². The van der Waals surface area contributed by atoms with Crippen molar-refractivity contribution >= 4 is 33.9 Å². The quantitative estimate of drug-likeness (QED) is 0.339. The number of fused-ring (bicyclic) bond motifs is 1. The average Bonchev–Trinajstić information content (AvgIpc) is 3.22. The van der Waals surface area contributed by atoms with E-state index in [-0.39, 0.29) is 6.42 Å². The molecule has 4 rings (SSSR count). The van der Waals surface area contributed by atoms with E-state index in [0.29, 0.717) is 49.0 Å². The van der Waals surface area contributed by atoms with Gasteiger partial charge in [-0.15, -0.1) is 0 Å². The Labute approximate surface area is 224 Å². The van der Waals surface area contributed by atoms with Crippen LogP contribution in [0.5, 0.6) is 11.5 Å². The number of nitrogens with zero attached hydrogens (tertiary/aromatic N) is 3. The molecular weight excluding hydrogens is 510 g/mol. The van der Waals surface area contributed by atoms with Gasteiger partial charge in [-0.05, 0) is 44.0 Å². The SMILES string of the molecule is COc1cc(OC)c2c(C)c(C#Cc3ccc(N4CCN(N(C(C)CC(=O)O)S(=O)[O-])CC4)cc3)oc2c1. The van der Waals surface area contributed by atoms with Crippen molar-refractivity contribution in [3.63, 3.8) is 0 Å². The van der Waals surface area contributed by atoms with Crippen molar-refractivity contribution < 1.29 is 32.6 Å². The molecular formula is C27H30N3O7S-. The lowest BCUT2D eigenvalue weighted by Gasteiger charge is -2.44. The summed E-state index contributed by atoms with van der Waals surface area (Å²) >= 11 is -2.54. The molecule has 3 aromatic rings. The van der Waals surface area contributed by atoms with Gasteiger partial charge in [-0.3, -0.25) is 9.00 Å². The van der Waals surface area contributed by atoms with Crippen LogP contribution in [0.2, 0.25) is 0 Å². The number of carbonyl (C=O) groups is 1. The summed E-state index contributed by atoms with van der Waals surface area (Å²) in [6.45, 7) is 5.65. The van der Waals surface area contributed by atoms with Crippen molar-refractivity contribution in [3.8, 4) is 23.3 Å². The second-order valence-electron chi connectivity index (χ2n) is 8.96. The second-order valence-corrected chi connectivity index (χ2v) is 9.77. The first kappa shape index (κ1) is 27.5. The van der Waals surface area contributed by atoms with Gasteiger partial charge in [0.2, 0.25) is 0 Å². The topological polar surface area (TPSA) is 119 Å². The third-order valence-corrected chi connectivity index (χ3v) is 7.41. The van der Waals surface area contributed by atoms with Crippen LogP contribution in [0, 0.1) is 18.8 Å². The molecule has 0 aliphatic carbocycles. The molecule has 1 saturated heterocycles. The number of rotatable bonds is 8. The molecule has 0 bridgehead atoms. The predicted octanol–water partition coefficient (Wildman–Crippen LogP) is 3.15. The molecule has 38 heavy (non-hydrogen) atoms. The summed E-state index contributed by atoms with van der Waals surface area (Å²) in [5, 5.41) is 11.6. The van der Waals surface area contributed by atoms with Crippen LogP contribution in [-0.4, -0.2) is 75.7 Å². The van der Waals surface area contributed by atoms with Gasteiger partial charge >= 0.3 is 5.97 Å². The number of carboxylic acid groups (broad SMARTS) is 1. The number of carboxylic acids is 1. The number of hydrogen-bond acceptors (Lipinski definition) is 8. The number of hydrazine groups is 1. The highest BCUT2D eigenvalue weighted by molar-refractivity contribution is 7.76. The number of aryl methyl sites for hydroxylation is 1. The summed E-state index contributed by atoms with van der Waals surface area (Å²) in [4.78, 5) is 13.2. The Hall–Kier alpha value is -3.56. The molecule has 0 radical (unpaired) electrons. The van der Waals surface area contributed by atoms with E-state index in [0.717, 1.165) is 26.6 Å². The first-order valence-corrected chi connectivity index (χ1v) is 13.1. The predicted molar refractivity (Wildman–Crippen MR) is 143 cm³/mol. The van der Waals surface area contributed by atoms with Gasteiger partial charge in [0.1, 0.15) is 17.1 Å². The van der Waals surface area contributed by atoms with E-state index in [2.05, 4.69) is 16.7 Å². The first-order valence-electron chi connectivity index (χ1n) is 12.1. The summed E-state index contributed by atoms with van der Waals surface area (Å²) in [5.74, 6) is 7.11. The van der Waals surface area contributed by atoms with Crippen molar-refractivity contribution in [2.75, 3.05) is 45.3 Å². The largest absolute Gasteiger partial charge is 0.759 e. The van der Waals surface area contributed by atoms with Gasteiger partial charge < -0.3 is 28.5 Å². The van der Waals surface area contributed by atoms with Crippen LogP contribution in [0.15, 0.2) is 40.8 Å². The summed E-state index contributed by atoms with van der Waals surface area (Å²) < 4.78 is 41.4. The number of piperazine rings is 1. The Kier molecular flexibility index (Phi) is 8.58. The monoisotopic (exact) mass is 540 g/mol. The molecule has 0 amide bonds. The van der Waals surface area contributed by atoms with Crippen molar-refractivity contribution in [1.29, 1.82) is 0 Å². The van der Waals surface area contributed by atoms with Crippen molar-refractivity contribution in [3.05, 3.63) is 53.3 Å². The highest BCUT2D eigenvalue weighted by Gasteiger charge is 2.28. The van der Waals surface area contributed by atoms with Crippen LogP contribution in [0.4, 0.5) is 5.69 Å². The summed E-state index contributed by atoms with van der Waals surface area (Å²) in [6.07, 6.45) is -0.258. The van der Waals surface area contributed by atoms with Gasteiger partial charge in [0, 0.05) is 72.4 Å². The molecule has 2 aromatic carbocycles. The van der Waals surface area contributed by atoms with E-state index in [1.165, 1.54) is 0 Å². The van der Waals surface area contributed by atoms with Crippen LogP contribution < -0.4 is 14.4 Å². The average molecular weight is 541 g/mol. The van der Waals surface area contributed by atoms with Crippen LogP contribution in [0.3, 0.4) is 0 Å². The van der Waals surface area contributed by atoms with Crippen LogP contribution in [-0.2, 0) is 16.1 Å². The lowest BCUT2D eigenvalue weighted by atomic mass is 10.1. The van der Waals surface area contributed by atoms with Crippen LogP contribution >= 0.6 is 0 Å². The summed E-state index contributed by atoms with van der Waals surface area (Å²) in [5.41, 5.74) is 3.37. The number of ether oxygens (including phenoxy) is 2. The minimum Gasteiger partial charge on any atom is -0.759 e. The molecule has 1 aliphatic rings. The number of furan rings is 1. The Morgan fingerprint density at radius 1 is 1.16 bits per heavy atom. The molecule has 0 spiro atoms. The fourth-order valence-corrected chi connectivity index (χ4v) is 5.32. The summed E-state index contributed by atoms with van der Waals surface area (Å²) in [7, 11) is 3.20. The number of aliphatic carboxylic acids is 1. The fraction of sp³-hybridized carbons (Fsp3) is 0.370. The minimum atomic E-state index is -2.54. The van der Waals surface area contributed by atoms with E-state index in [1.54, 1.807) is 26.2 Å². The molecule has 2 unspecified atom stereocenters. The van der Waals surface area contributed by atoms with Crippen molar-refractivity contribution in [2.24, 2.45) is 0 Å². The molecule has 1 aliphatic heterocycles. The lowest BCUT2D eigenvalue weighted by Crippen LogP contribution is -2.57. The Morgan fingerprint density at radius 3 is 2.42 bits per heavy atom. The highest BCUT2D eigenvalue weighted by atomic mass is 32.2. The Morgan fingerprint density at radius 2 is 1.84 bits per heavy atom. The van der Waals surface area contributed by atoms with Gasteiger partial charge in [-0.1, -0.05) is 5.92 Å². The van der Waals surface area contributed by atoms with E-state index >= 15 is 0 Å². The zero-order valence-corrected chi connectivity index (χ0v) is 22.5. The molecule has 11 heteroatoms. The maximum atomic E-state index is 11.8. The molecule has 10 nitrogen and oxygen atoms in total. The minimum absolute atomic E-state index is 0.258. The van der Waals surface area contributed by atoms with Crippen LogP contribution in [0.1, 0.15) is 30.2 Å². The van der Waals surface area contributed by atoms with E-state index in [9.17, 15) is 13.6 Å². The molecule has 202 valence electrons. The molecule has 2 atom stereocenters. The standard InChI is InChI=1S/C27H31N3O7S/c1-18(15-26(31)32)30(38(33)34)29-13-11-28(12-14-29)21-8-5-20(6-9-21)7-10-23-19(2)27-24(36-4)16-22(35-3)17-25(27)37-23/h5-6,8-9,16-18H,11-15H2,1-4H3,(H,31,32)(H,33,34)/p-1. The van der Waals surface area contributed by atoms with Crippen molar-refractivity contribution in [1.82, 2.24) is 9.42 Å². The van der Waals surface area contributed by atoms with Gasteiger partial charge in [0.25, 0.3) is 0 Å². The smallest absolute Gasteiger partial charge is 0.305 e. The highest BCUT2D eigenvalue weighted by Crippen LogP contribution is 2.36. The van der Waals surface area contributed by atoms with E-state index in [4.69, 9.17) is 19.0 Å². The number of methoxy groups -OCH3 is 2. The maximum Gasteiger partial charge on any atom is 0.305 e. The van der Waals surface area contributed by atoms with Crippen molar-refractivity contribution in [2.45, 2.75) is 26.3 Å². The zero-order chi connectivity index (χ0) is 27.4. The van der Waals surface area contributed by atoms with Crippen LogP contribution in [0.25, 0.3) is 11.0 Å². The van der Waals surface area contributed by atoms with Gasteiger partial charge in [-0.2, -0.15) is 4.41 Å². The Balaban J connectivity index is 1.44. The van der Waals surface area contributed by atoms with Gasteiger partial charge in [0.05, 0.1) is 26.0 Å². The van der Waals surface area contributed by atoms with E-state index in [1.807, 2.05) is 43.3 Å². The third-order valence-electron chi connectivity index (χ3n) is 6.51. The normalized spacial score (nSPS) is 15.7. The molecule has 0 saturated carbocycles. The summed E-state index contributed by atoms with van der Waals surface area (Å²) in [6, 6.07) is 10.8. The number of hydrogen-bond donors (Lipinski definition) is 1. The number of benzene rings is 2. The molecule has 1 fully saturated rings. The third kappa shape index (κ3) is 5.95. The van der Waals surface area contributed by atoms with E-state index < -0.39 is 23.3 Å².